The molecule has 1 aliphatic carbocycles. The predicted molar refractivity (Wildman–Crippen MR) is 236 cm³/mol. The molecule has 0 unspecified atom stereocenters. The number of hydrogen-bond donors (Lipinski definition) is 0. The van der Waals surface area contributed by atoms with Gasteiger partial charge in [0.1, 0.15) is 0 Å². The zero-order valence-electron chi connectivity index (χ0n) is 30.9. The monoisotopic (exact) mass is 712 g/mol. The molecule has 0 saturated heterocycles. The lowest BCUT2D eigenvalue weighted by Crippen LogP contribution is -1.95. The summed E-state index contributed by atoms with van der Waals surface area (Å²) < 4.78 is 0. The molecule has 0 N–H and O–H groups in total. The minimum absolute atomic E-state index is 0.631. The molecule has 0 aromatic heterocycles. The van der Waals surface area contributed by atoms with Crippen molar-refractivity contribution >= 4 is 43.5 Å². The van der Waals surface area contributed by atoms with Gasteiger partial charge < -0.3 is 0 Å². The summed E-state index contributed by atoms with van der Waals surface area (Å²) in [4.78, 5) is 0. The van der Waals surface area contributed by atoms with Crippen molar-refractivity contribution in [3.63, 3.8) is 0 Å². The number of hydrogen-bond acceptors (Lipinski definition) is 2. The second-order valence-electron chi connectivity index (χ2n) is 14.2. The van der Waals surface area contributed by atoms with E-state index in [1.54, 1.807) is 6.08 Å². The van der Waals surface area contributed by atoms with Crippen molar-refractivity contribution in [1.29, 1.82) is 10.5 Å². The molecule has 0 aliphatic heterocycles. The standard InChI is InChI=1S/C54H36N2/c1-3-8-37(4-2)39-19-23-43(24-20-39)51-31-49(41-15-11-35(33-55)12-16-41)45-27-28-46-50(42-17-13-36(34-56)14-18-42)32-52(48-30-29-47(51)53(45)54(46)48)44-25-21-40(22-26-44)38-9-6-5-7-10-38/h3-4,6,8-32H,1-2,5,7H2/b37-8+. The van der Waals surface area contributed by atoms with Gasteiger partial charge in [0.25, 0.3) is 0 Å². The van der Waals surface area contributed by atoms with Crippen molar-refractivity contribution in [3.8, 4) is 56.6 Å². The van der Waals surface area contributed by atoms with E-state index in [0.717, 1.165) is 79.3 Å². The Bertz CT molecular complexity index is 3010. The summed E-state index contributed by atoms with van der Waals surface area (Å²) in [6.07, 6.45) is 14.6. The molecule has 0 radical (unpaired) electrons. The molecule has 1 aliphatic rings. The van der Waals surface area contributed by atoms with Crippen LogP contribution in [0.3, 0.4) is 0 Å². The van der Waals surface area contributed by atoms with E-state index in [9.17, 15) is 10.5 Å². The highest BCUT2D eigenvalue weighted by Gasteiger charge is 2.21. The van der Waals surface area contributed by atoms with Crippen LogP contribution in [0.2, 0.25) is 0 Å². The predicted octanol–water partition coefficient (Wildman–Crippen LogP) is 14.5. The third kappa shape index (κ3) is 5.92. The zero-order valence-corrected chi connectivity index (χ0v) is 30.9. The molecule has 2 nitrogen and oxygen atoms in total. The number of benzene rings is 8. The van der Waals surface area contributed by atoms with Crippen LogP contribution in [0.1, 0.15) is 35.1 Å². The Morgan fingerprint density at radius 3 is 1.29 bits per heavy atom. The first kappa shape index (κ1) is 34.3. The highest BCUT2D eigenvalue weighted by Crippen LogP contribution is 2.48. The summed E-state index contributed by atoms with van der Waals surface area (Å²) >= 11 is 0. The van der Waals surface area contributed by atoms with Gasteiger partial charge in [-0.15, -0.1) is 0 Å². The van der Waals surface area contributed by atoms with Gasteiger partial charge in [0, 0.05) is 0 Å². The molecule has 0 spiro atoms. The lowest BCUT2D eigenvalue weighted by Gasteiger charge is -2.22. The van der Waals surface area contributed by atoms with Gasteiger partial charge in [0.2, 0.25) is 0 Å². The summed E-state index contributed by atoms with van der Waals surface area (Å²) in [6.45, 7) is 7.90. The lowest BCUT2D eigenvalue weighted by molar-refractivity contribution is 1.04. The molecule has 0 amide bonds. The second kappa shape index (κ2) is 14.4. The van der Waals surface area contributed by atoms with Crippen LogP contribution >= 0.6 is 0 Å². The van der Waals surface area contributed by atoms with E-state index in [0.29, 0.717) is 11.1 Å². The summed E-state index contributed by atoms with van der Waals surface area (Å²) in [5.41, 5.74) is 14.7. The molecule has 0 bridgehead atoms. The van der Waals surface area contributed by atoms with Gasteiger partial charge in [-0.25, -0.2) is 0 Å². The minimum atomic E-state index is 0.631. The highest BCUT2D eigenvalue weighted by molar-refractivity contribution is 6.32. The van der Waals surface area contributed by atoms with Crippen molar-refractivity contribution in [3.05, 3.63) is 205 Å². The summed E-state index contributed by atoms with van der Waals surface area (Å²) in [5.74, 6) is 0. The molecule has 8 aromatic rings. The Morgan fingerprint density at radius 2 is 0.911 bits per heavy atom. The van der Waals surface area contributed by atoms with Gasteiger partial charge in [0.05, 0.1) is 23.3 Å². The average Bonchev–Trinajstić information content (AvgIpc) is 3.27. The van der Waals surface area contributed by atoms with Gasteiger partial charge >= 0.3 is 0 Å². The van der Waals surface area contributed by atoms with E-state index in [4.69, 9.17) is 0 Å². The quantitative estimate of drug-likeness (QED) is 0.116. The van der Waals surface area contributed by atoms with E-state index in [2.05, 4.69) is 153 Å². The third-order valence-electron chi connectivity index (χ3n) is 11.1. The molecule has 56 heavy (non-hydrogen) atoms. The van der Waals surface area contributed by atoms with E-state index in [-0.39, 0.29) is 0 Å². The molecular formula is C54H36N2. The molecule has 9 rings (SSSR count). The summed E-state index contributed by atoms with van der Waals surface area (Å²) in [7, 11) is 0. The Kier molecular flexibility index (Phi) is 8.79. The minimum Gasteiger partial charge on any atom is -0.192 e. The zero-order chi connectivity index (χ0) is 38.2. The number of allylic oxidation sites excluding steroid dienone is 8. The molecular weight excluding hydrogens is 677 g/mol. The van der Waals surface area contributed by atoms with E-state index in [1.807, 2.05) is 36.4 Å². The fourth-order valence-corrected chi connectivity index (χ4v) is 8.32. The third-order valence-corrected chi connectivity index (χ3v) is 11.1. The fourth-order valence-electron chi connectivity index (χ4n) is 8.32. The van der Waals surface area contributed by atoms with Crippen LogP contribution in [0, 0.1) is 22.7 Å². The molecule has 0 heterocycles. The second-order valence-corrected chi connectivity index (χ2v) is 14.2. The first-order valence-corrected chi connectivity index (χ1v) is 18.9. The van der Waals surface area contributed by atoms with E-state index < -0.39 is 0 Å². The highest BCUT2D eigenvalue weighted by atomic mass is 14.3. The molecule has 8 aromatic carbocycles. The Hall–Kier alpha value is -7.52. The van der Waals surface area contributed by atoms with Crippen LogP contribution < -0.4 is 0 Å². The van der Waals surface area contributed by atoms with Gasteiger partial charge in [0.15, 0.2) is 0 Å². The lowest BCUT2D eigenvalue weighted by atomic mass is 9.81. The van der Waals surface area contributed by atoms with Crippen molar-refractivity contribution < 1.29 is 0 Å². The van der Waals surface area contributed by atoms with Crippen molar-refractivity contribution in [2.45, 2.75) is 12.8 Å². The first-order valence-electron chi connectivity index (χ1n) is 18.9. The van der Waals surface area contributed by atoms with Crippen LogP contribution in [0.15, 0.2) is 183 Å². The summed E-state index contributed by atoms with van der Waals surface area (Å²) in [6, 6.07) is 51.8. The van der Waals surface area contributed by atoms with Crippen LogP contribution in [0.25, 0.3) is 88.0 Å². The SMILES string of the molecule is C=C/C=C(\C=C)c1ccc(-c2cc(-c3ccc(C#N)cc3)c3ccc4c(-c5ccc(C#N)cc5)cc(-c5ccc(C6=CCCC=C6)cc5)c5ccc2c3c45)cc1. The van der Waals surface area contributed by atoms with Crippen LogP contribution in [-0.4, -0.2) is 0 Å². The van der Waals surface area contributed by atoms with Crippen LogP contribution in [0.5, 0.6) is 0 Å². The van der Waals surface area contributed by atoms with Crippen LogP contribution in [0.4, 0.5) is 0 Å². The number of rotatable bonds is 8. The molecule has 0 atom stereocenters. The van der Waals surface area contributed by atoms with Crippen molar-refractivity contribution in [2.75, 3.05) is 0 Å². The number of nitriles is 2. The Labute approximate surface area is 327 Å². The maximum atomic E-state index is 9.63. The normalized spacial score (nSPS) is 12.8. The molecule has 0 fully saturated rings. The Balaban J connectivity index is 1.36. The van der Waals surface area contributed by atoms with Gasteiger partial charge in [-0.2, -0.15) is 10.5 Å². The molecule has 262 valence electrons. The number of nitrogens with zero attached hydrogens (tertiary/aromatic N) is 2. The van der Waals surface area contributed by atoms with Gasteiger partial charge in [-0.3, -0.25) is 0 Å². The van der Waals surface area contributed by atoms with E-state index in [1.165, 1.54) is 32.7 Å². The van der Waals surface area contributed by atoms with Gasteiger partial charge in [-0.1, -0.05) is 147 Å². The average molecular weight is 713 g/mol. The fraction of sp³-hybridized carbons (Fsp3) is 0.0370. The Morgan fingerprint density at radius 1 is 0.500 bits per heavy atom. The topological polar surface area (TPSA) is 47.6 Å². The maximum absolute atomic E-state index is 9.63. The van der Waals surface area contributed by atoms with Crippen LogP contribution in [-0.2, 0) is 0 Å². The maximum Gasteiger partial charge on any atom is 0.0991 e. The largest absolute Gasteiger partial charge is 0.192 e. The van der Waals surface area contributed by atoms with Crippen molar-refractivity contribution in [2.24, 2.45) is 0 Å². The van der Waals surface area contributed by atoms with Crippen molar-refractivity contribution in [1.82, 2.24) is 0 Å². The molecule has 0 saturated carbocycles. The summed E-state index contributed by atoms with van der Waals surface area (Å²) in [5, 5.41) is 26.3. The van der Waals surface area contributed by atoms with E-state index >= 15 is 0 Å². The van der Waals surface area contributed by atoms with Gasteiger partial charge in [-0.05, 0) is 148 Å². The first-order chi connectivity index (χ1) is 27.6. The molecule has 2 heteroatoms. The smallest absolute Gasteiger partial charge is 0.0991 e.